The number of hydrogen-bond acceptors (Lipinski definition) is 5. The van der Waals surface area contributed by atoms with Crippen molar-refractivity contribution in [2.45, 2.75) is 11.7 Å². The van der Waals surface area contributed by atoms with E-state index in [1.807, 2.05) is 0 Å². The van der Waals surface area contributed by atoms with Crippen LogP contribution < -0.4 is 11.1 Å². The Labute approximate surface area is 118 Å². The van der Waals surface area contributed by atoms with Crippen molar-refractivity contribution in [1.82, 2.24) is 0 Å². The molecule has 7 nitrogen and oxygen atoms in total. The van der Waals surface area contributed by atoms with Crippen molar-refractivity contribution < 1.29 is 19.5 Å². The summed E-state index contributed by atoms with van der Waals surface area (Å²) in [6.45, 7) is 0. The summed E-state index contributed by atoms with van der Waals surface area (Å²) in [6, 6.07) is 5.85. The molecule has 0 radical (unpaired) electrons. The molecule has 0 aromatic heterocycles. The van der Waals surface area contributed by atoms with Gasteiger partial charge in [-0.05, 0) is 18.2 Å². The minimum atomic E-state index is -1.08. The molecule has 20 heavy (non-hydrogen) atoms. The van der Waals surface area contributed by atoms with E-state index in [4.69, 9.17) is 10.8 Å². The lowest BCUT2D eigenvalue weighted by atomic mass is 10.2. The summed E-state index contributed by atoms with van der Waals surface area (Å²) in [5.74, 6) is -1.91. The fraction of sp³-hybridized carbons (Fsp3) is 0.167. The van der Waals surface area contributed by atoms with Crippen LogP contribution in [-0.4, -0.2) is 33.3 Å². The topological polar surface area (TPSA) is 122 Å². The highest BCUT2D eigenvalue weighted by Crippen LogP contribution is 2.23. The van der Waals surface area contributed by atoms with E-state index in [2.05, 4.69) is 10.3 Å². The predicted molar refractivity (Wildman–Crippen MR) is 74.7 cm³/mol. The molecular formula is C12H11N3O4S. The highest BCUT2D eigenvalue weighted by atomic mass is 32.2. The first-order chi connectivity index (χ1) is 9.45. The Kier molecular flexibility index (Phi) is 4.04. The third-order valence-corrected chi connectivity index (χ3v) is 3.51. The van der Waals surface area contributed by atoms with Gasteiger partial charge in [0, 0.05) is 12.1 Å². The summed E-state index contributed by atoms with van der Waals surface area (Å²) in [5.41, 5.74) is 5.82. The maximum atomic E-state index is 11.8. The second-order valence-electron chi connectivity index (χ2n) is 4.03. The number of thioether (sulfide) groups is 1. The number of nitrogens with two attached hydrogens (primary N) is 1. The van der Waals surface area contributed by atoms with Crippen LogP contribution in [0.4, 0.5) is 5.69 Å². The van der Waals surface area contributed by atoms with Crippen molar-refractivity contribution >= 4 is 40.4 Å². The van der Waals surface area contributed by atoms with Crippen molar-refractivity contribution in [2.75, 3.05) is 5.32 Å². The van der Waals surface area contributed by atoms with Gasteiger partial charge in [0.25, 0.3) is 5.91 Å². The Balaban J connectivity index is 1.97. The Bertz CT molecular complexity index is 614. The number of amides is 2. The van der Waals surface area contributed by atoms with Crippen molar-refractivity contribution in [3.63, 3.8) is 0 Å². The fourth-order valence-electron chi connectivity index (χ4n) is 1.64. The van der Waals surface area contributed by atoms with Gasteiger partial charge in [0.15, 0.2) is 5.17 Å². The number of aromatic carboxylic acids is 1. The van der Waals surface area contributed by atoms with E-state index in [-0.39, 0.29) is 17.2 Å². The molecule has 4 N–H and O–H groups in total. The van der Waals surface area contributed by atoms with Crippen LogP contribution in [0.5, 0.6) is 0 Å². The molecule has 0 bridgehead atoms. The number of nitrogens with zero attached hydrogens (tertiary/aromatic N) is 1. The van der Waals surface area contributed by atoms with Gasteiger partial charge in [-0.2, -0.15) is 4.99 Å². The second kappa shape index (κ2) is 5.74. The van der Waals surface area contributed by atoms with Gasteiger partial charge in [-0.3, -0.25) is 9.59 Å². The summed E-state index contributed by atoms with van der Waals surface area (Å²) >= 11 is 1.04. The monoisotopic (exact) mass is 293 g/mol. The van der Waals surface area contributed by atoms with Crippen molar-refractivity contribution in [1.29, 1.82) is 0 Å². The van der Waals surface area contributed by atoms with E-state index in [1.54, 1.807) is 6.07 Å². The first-order valence-electron chi connectivity index (χ1n) is 5.63. The number of nitrogens with one attached hydrogen (secondary N) is 1. The molecule has 0 spiro atoms. The number of rotatable bonds is 4. The van der Waals surface area contributed by atoms with Crippen LogP contribution in [0.2, 0.25) is 0 Å². The SMILES string of the molecule is NC1=NC(=O)[C@@H](CC(=O)Nc2cccc(C(=O)O)c2)S1. The molecule has 0 saturated carbocycles. The van der Waals surface area contributed by atoms with Crippen LogP contribution in [0.15, 0.2) is 29.3 Å². The quantitative estimate of drug-likeness (QED) is 0.750. The standard InChI is InChI=1S/C12H11N3O4S/c13-12-15-10(17)8(20-12)5-9(16)14-7-3-1-2-6(4-7)11(18)19/h1-4,8H,5H2,(H,14,16)(H,18,19)(H2,13,15,17)/t8-/m1/s1. The smallest absolute Gasteiger partial charge is 0.335 e. The third-order valence-electron chi connectivity index (χ3n) is 2.52. The Morgan fingerprint density at radius 3 is 2.80 bits per heavy atom. The van der Waals surface area contributed by atoms with E-state index >= 15 is 0 Å². The van der Waals surface area contributed by atoms with Crippen molar-refractivity contribution in [3.8, 4) is 0 Å². The summed E-state index contributed by atoms with van der Waals surface area (Å²) in [4.78, 5) is 37.5. The molecule has 1 aliphatic heterocycles. The molecule has 0 fully saturated rings. The molecule has 1 aromatic carbocycles. The van der Waals surface area contributed by atoms with Crippen LogP contribution in [0.1, 0.15) is 16.8 Å². The number of aliphatic imine (C=N–C) groups is 1. The van der Waals surface area contributed by atoms with Gasteiger partial charge in [0.2, 0.25) is 5.91 Å². The molecule has 0 saturated heterocycles. The number of anilines is 1. The van der Waals surface area contributed by atoms with Gasteiger partial charge in [0.1, 0.15) is 5.25 Å². The number of benzene rings is 1. The number of amidine groups is 1. The molecule has 1 aromatic rings. The first kappa shape index (κ1) is 14.1. The van der Waals surface area contributed by atoms with Crippen molar-refractivity contribution in [3.05, 3.63) is 29.8 Å². The second-order valence-corrected chi connectivity index (χ2v) is 5.26. The first-order valence-corrected chi connectivity index (χ1v) is 6.51. The molecule has 104 valence electrons. The van der Waals surface area contributed by atoms with Crippen molar-refractivity contribution in [2.24, 2.45) is 10.7 Å². The maximum absolute atomic E-state index is 11.8. The number of carboxylic acid groups (broad SMARTS) is 1. The average molecular weight is 293 g/mol. The molecule has 0 aliphatic carbocycles. The van der Waals surface area contributed by atoms with E-state index in [1.165, 1.54) is 18.2 Å². The van der Waals surface area contributed by atoms with Crippen LogP contribution in [-0.2, 0) is 9.59 Å². The van der Waals surface area contributed by atoms with Crippen LogP contribution in [0.3, 0.4) is 0 Å². The van der Waals surface area contributed by atoms with E-state index < -0.39 is 23.0 Å². The van der Waals surface area contributed by atoms with Gasteiger partial charge in [-0.15, -0.1) is 0 Å². The van der Waals surface area contributed by atoms with Gasteiger partial charge in [0.05, 0.1) is 5.56 Å². The maximum Gasteiger partial charge on any atom is 0.335 e. The zero-order valence-corrected chi connectivity index (χ0v) is 11.0. The molecule has 2 amide bonds. The van der Waals surface area contributed by atoms with Gasteiger partial charge in [-0.1, -0.05) is 17.8 Å². The average Bonchev–Trinajstić information content (AvgIpc) is 2.67. The molecule has 1 aliphatic rings. The van der Waals surface area contributed by atoms with Crippen LogP contribution >= 0.6 is 11.8 Å². The zero-order valence-electron chi connectivity index (χ0n) is 10.2. The van der Waals surface area contributed by atoms with E-state index in [0.717, 1.165) is 11.8 Å². The Morgan fingerprint density at radius 2 is 2.20 bits per heavy atom. The predicted octanol–water partition coefficient (Wildman–Crippen LogP) is 0.670. The normalized spacial score (nSPS) is 17.7. The fourth-order valence-corrected chi connectivity index (χ4v) is 2.46. The lowest BCUT2D eigenvalue weighted by Crippen LogP contribution is -2.21. The number of hydrogen-bond donors (Lipinski definition) is 3. The Morgan fingerprint density at radius 1 is 1.45 bits per heavy atom. The lowest BCUT2D eigenvalue weighted by molar-refractivity contribution is -0.121. The molecule has 8 heteroatoms. The molecule has 2 rings (SSSR count). The molecule has 1 heterocycles. The highest BCUT2D eigenvalue weighted by Gasteiger charge is 2.29. The summed E-state index contributed by atoms with van der Waals surface area (Å²) < 4.78 is 0. The highest BCUT2D eigenvalue weighted by molar-refractivity contribution is 8.15. The molecule has 1 atom stereocenters. The third kappa shape index (κ3) is 3.35. The lowest BCUT2D eigenvalue weighted by Gasteiger charge is -2.08. The van der Waals surface area contributed by atoms with Gasteiger partial charge < -0.3 is 16.2 Å². The summed E-state index contributed by atoms with van der Waals surface area (Å²) in [6.07, 6.45) is -0.0645. The van der Waals surface area contributed by atoms with Crippen LogP contribution in [0, 0.1) is 0 Å². The zero-order chi connectivity index (χ0) is 14.7. The van der Waals surface area contributed by atoms with Gasteiger partial charge >= 0.3 is 5.97 Å². The number of carboxylic acids is 1. The Hall–Kier alpha value is -2.35. The van der Waals surface area contributed by atoms with E-state index in [9.17, 15) is 14.4 Å². The van der Waals surface area contributed by atoms with Crippen LogP contribution in [0.25, 0.3) is 0 Å². The van der Waals surface area contributed by atoms with Gasteiger partial charge in [-0.25, -0.2) is 4.79 Å². The minimum absolute atomic E-state index is 0.0645. The van der Waals surface area contributed by atoms with E-state index in [0.29, 0.717) is 5.69 Å². The largest absolute Gasteiger partial charge is 0.478 e. The molecular weight excluding hydrogens is 282 g/mol. The minimum Gasteiger partial charge on any atom is -0.478 e. The summed E-state index contributed by atoms with van der Waals surface area (Å²) in [7, 11) is 0. The number of carbonyl (C=O) groups is 3. The number of carbonyl (C=O) groups excluding carboxylic acids is 2. The molecule has 0 unspecified atom stereocenters. The summed E-state index contributed by atoms with van der Waals surface area (Å²) in [5, 5.41) is 10.9.